The molecule has 13 heavy (non-hydrogen) atoms. The van der Waals surface area contributed by atoms with Crippen LogP contribution >= 0.6 is 11.8 Å². The van der Waals surface area contributed by atoms with Crippen LogP contribution in [0.3, 0.4) is 0 Å². The molecule has 0 spiro atoms. The Bertz CT molecular complexity index is 203. The number of amidine groups is 1. The summed E-state index contributed by atoms with van der Waals surface area (Å²) in [6.45, 7) is 4.30. The van der Waals surface area contributed by atoms with E-state index in [4.69, 9.17) is 5.26 Å². The number of hydrogen-bond acceptors (Lipinski definition) is 3. The van der Waals surface area contributed by atoms with Gasteiger partial charge in [0, 0.05) is 13.1 Å². The first-order chi connectivity index (χ1) is 6.21. The molecule has 0 aromatic heterocycles. The van der Waals surface area contributed by atoms with E-state index in [1.54, 1.807) is 0 Å². The van der Waals surface area contributed by atoms with Gasteiger partial charge in [0.15, 0.2) is 5.17 Å². The summed E-state index contributed by atoms with van der Waals surface area (Å²) >= 11 is 1.52. The second-order valence-electron chi connectivity index (χ2n) is 2.78. The van der Waals surface area contributed by atoms with Gasteiger partial charge < -0.3 is 4.90 Å². The quantitative estimate of drug-likeness (QED) is 0.398. The Hall–Kier alpha value is -0.690. The van der Waals surface area contributed by atoms with E-state index < -0.39 is 0 Å². The van der Waals surface area contributed by atoms with Crippen molar-refractivity contribution >= 4 is 16.9 Å². The minimum Gasteiger partial charge on any atom is -0.351 e. The average Bonchev–Trinajstić information content (AvgIpc) is 2.15. The van der Waals surface area contributed by atoms with Crippen LogP contribution in [-0.4, -0.2) is 29.4 Å². The zero-order valence-corrected chi connectivity index (χ0v) is 9.56. The molecular formula is C9H17N3S. The van der Waals surface area contributed by atoms with Gasteiger partial charge in [0.05, 0.1) is 0 Å². The van der Waals surface area contributed by atoms with Gasteiger partial charge in [-0.15, -0.1) is 4.99 Å². The molecule has 3 nitrogen and oxygen atoms in total. The molecule has 0 N–H and O–H groups in total. The fourth-order valence-corrected chi connectivity index (χ4v) is 1.87. The number of thioether (sulfide) groups is 1. The summed E-state index contributed by atoms with van der Waals surface area (Å²) < 4.78 is 0. The molecule has 4 heteroatoms. The molecule has 0 fully saturated rings. The third kappa shape index (κ3) is 3.69. The van der Waals surface area contributed by atoms with Gasteiger partial charge in [-0.3, -0.25) is 0 Å². The van der Waals surface area contributed by atoms with Crippen LogP contribution in [0.5, 0.6) is 0 Å². The molecule has 0 saturated heterocycles. The molecule has 0 atom stereocenters. The highest BCUT2D eigenvalue weighted by atomic mass is 32.2. The molecule has 0 aliphatic rings. The van der Waals surface area contributed by atoms with Gasteiger partial charge in [0.1, 0.15) is 0 Å². The Morgan fingerprint density at radius 3 is 2.38 bits per heavy atom. The van der Waals surface area contributed by atoms with Crippen molar-refractivity contribution in [3.8, 4) is 6.19 Å². The number of nitrogens with zero attached hydrogens (tertiary/aromatic N) is 3. The van der Waals surface area contributed by atoms with Crippen molar-refractivity contribution in [1.29, 1.82) is 5.26 Å². The maximum absolute atomic E-state index is 8.47. The fraction of sp³-hybridized carbons (Fsp3) is 0.778. The van der Waals surface area contributed by atoms with Crippen LogP contribution in [0.4, 0.5) is 0 Å². The molecule has 0 aromatic rings. The summed E-state index contributed by atoms with van der Waals surface area (Å²) in [6, 6.07) is 0.486. The second kappa shape index (κ2) is 6.79. The highest BCUT2D eigenvalue weighted by molar-refractivity contribution is 8.13. The van der Waals surface area contributed by atoms with Crippen molar-refractivity contribution in [2.45, 2.75) is 32.7 Å². The minimum atomic E-state index is 0.486. The van der Waals surface area contributed by atoms with Crippen molar-refractivity contribution < 1.29 is 0 Å². The predicted molar refractivity (Wildman–Crippen MR) is 58.7 cm³/mol. The molecule has 0 heterocycles. The van der Waals surface area contributed by atoms with Crippen molar-refractivity contribution in [3.63, 3.8) is 0 Å². The third-order valence-electron chi connectivity index (χ3n) is 2.12. The van der Waals surface area contributed by atoms with Gasteiger partial charge in [0.25, 0.3) is 0 Å². The molecule has 0 aliphatic carbocycles. The smallest absolute Gasteiger partial charge is 0.208 e. The van der Waals surface area contributed by atoms with Gasteiger partial charge in [-0.05, 0) is 19.1 Å². The molecule has 74 valence electrons. The Labute approximate surface area is 84.8 Å². The van der Waals surface area contributed by atoms with Gasteiger partial charge in [-0.1, -0.05) is 25.6 Å². The zero-order valence-electron chi connectivity index (χ0n) is 8.74. The van der Waals surface area contributed by atoms with E-state index in [-0.39, 0.29) is 0 Å². The summed E-state index contributed by atoms with van der Waals surface area (Å²) in [5.74, 6) is 0. The van der Waals surface area contributed by atoms with Crippen LogP contribution in [0.1, 0.15) is 26.7 Å². The highest BCUT2D eigenvalue weighted by Crippen LogP contribution is 2.12. The van der Waals surface area contributed by atoms with E-state index in [1.807, 2.05) is 19.5 Å². The van der Waals surface area contributed by atoms with E-state index >= 15 is 0 Å². The molecular weight excluding hydrogens is 182 g/mol. The normalized spacial score (nSPS) is 11.5. The molecule has 0 unspecified atom stereocenters. The molecule has 0 radical (unpaired) electrons. The Morgan fingerprint density at radius 2 is 2.08 bits per heavy atom. The minimum absolute atomic E-state index is 0.486. The lowest BCUT2D eigenvalue weighted by Crippen LogP contribution is -2.34. The first kappa shape index (κ1) is 12.3. The van der Waals surface area contributed by atoms with Gasteiger partial charge in [-0.2, -0.15) is 5.26 Å². The Morgan fingerprint density at radius 1 is 1.54 bits per heavy atom. The monoisotopic (exact) mass is 199 g/mol. The van der Waals surface area contributed by atoms with Crippen molar-refractivity contribution in [2.24, 2.45) is 4.99 Å². The van der Waals surface area contributed by atoms with Crippen molar-refractivity contribution in [1.82, 2.24) is 4.90 Å². The van der Waals surface area contributed by atoms with Gasteiger partial charge >= 0.3 is 0 Å². The van der Waals surface area contributed by atoms with E-state index in [2.05, 4.69) is 23.7 Å². The first-order valence-electron chi connectivity index (χ1n) is 4.44. The molecule has 0 aromatic carbocycles. The molecule has 0 rings (SSSR count). The lowest BCUT2D eigenvalue weighted by atomic mass is 10.1. The van der Waals surface area contributed by atoms with E-state index in [9.17, 15) is 0 Å². The Kier molecular flexibility index (Phi) is 6.43. The second-order valence-corrected chi connectivity index (χ2v) is 3.55. The van der Waals surface area contributed by atoms with Crippen LogP contribution in [0.25, 0.3) is 0 Å². The molecule has 0 bridgehead atoms. The lowest BCUT2D eigenvalue weighted by Gasteiger charge is -2.27. The maximum atomic E-state index is 8.47. The van der Waals surface area contributed by atoms with E-state index in [0.29, 0.717) is 6.04 Å². The summed E-state index contributed by atoms with van der Waals surface area (Å²) in [7, 11) is 1.99. The number of hydrogen-bond donors (Lipinski definition) is 0. The third-order valence-corrected chi connectivity index (χ3v) is 2.86. The lowest BCUT2D eigenvalue weighted by molar-refractivity contribution is 0.351. The number of nitriles is 1. The van der Waals surface area contributed by atoms with E-state index in [0.717, 1.165) is 18.0 Å². The highest BCUT2D eigenvalue weighted by Gasteiger charge is 2.13. The molecule has 0 saturated carbocycles. The average molecular weight is 199 g/mol. The summed E-state index contributed by atoms with van der Waals surface area (Å²) in [5.41, 5.74) is 0. The standard InChI is InChI=1S/C9H17N3S/c1-5-8(6-2)12(3)9(13-4)11-7-10/h8H,5-6H2,1-4H3. The summed E-state index contributed by atoms with van der Waals surface area (Å²) in [6.07, 6.45) is 5.93. The van der Waals surface area contributed by atoms with Crippen LogP contribution in [0, 0.1) is 11.5 Å². The number of aliphatic imine (C=N–C) groups is 1. The van der Waals surface area contributed by atoms with Crippen LogP contribution in [0.15, 0.2) is 4.99 Å². The topological polar surface area (TPSA) is 39.4 Å². The SMILES string of the molecule is CCC(CC)N(C)C(=NC#N)SC. The van der Waals surface area contributed by atoms with E-state index in [1.165, 1.54) is 11.8 Å². The fourth-order valence-electron chi connectivity index (χ4n) is 1.30. The van der Waals surface area contributed by atoms with Crippen LogP contribution in [-0.2, 0) is 0 Å². The predicted octanol–water partition coefficient (Wildman–Crippen LogP) is 2.31. The maximum Gasteiger partial charge on any atom is 0.208 e. The Balaban J connectivity index is 4.45. The van der Waals surface area contributed by atoms with Crippen molar-refractivity contribution in [3.05, 3.63) is 0 Å². The summed E-state index contributed by atoms with van der Waals surface area (Å²) in [5, 5.41) is 9.27. The zero-order chi connectivity index (χ0) is 10.3. The summed E-state index contributed by atoms with van der Waals surface area (Å²) in [4.78, 5) is 5.85. The molecule has 0 aliphatic heterocycles. The van der Waals surface area contributed by atoms with Gasteiger partial charge in [0.2, 0.25) is 6.19 Å². The van der Waals surface area contributed by atoms with Crippen LogP contribution < -0.4 is 0 Å². The molecule has 0 amide bonds. The van der Waals surface area contributed by atoms with Crippen LogP contribution in [0.2, 0.25) is 0 Å². The number of rotatable bonds is 3. The van der Waals surface area contributed by atoms with Gasteiger partial charge in [-0.25, -0.2) is 0 Å². The largest absolute Gasteiger partial charge is 0.351 e. The van der Waals surface area contributed by atoms with Crippen molar-refractivity contribution in [2.75, 3.05) is 13.3 Å². The first-order valence-corrected chi connectivity index (χ1v) is 5.67.